The smallest absolute Gasteiger partial charge is 0.289 e. The SMILES string of the molecule is CCCC([S+](c1ccccc1)c1ccc(-c2ccc(Sc3ccc(C(=O)c4ccccc4)cc3)cc2)cc1)S(=O)(=O)O. The van der Waals surface area contributed by atoms with E-state index in [-0.39, 0.29) is 5.78 Å². The third kappa shape index (κ3) is 7.23. The van der Waals surface area contributed by atoms with Crippen molar-refractivity contribution < 1.29 is 17.8 Å². The fourth-order valence-electron chi connectivity index (χ4n) is 4.71. The summed E-state index contributed by atoms with van der Waals surface area (Å²) < 4.78 is 34.0. The molecule has 5 aromatic carbocycles. The van der Waals surface area contributed by atoms with Crippen LogP contribution in [0.4, 0.5) is 0 Å². The highest BCUT2D eigenvalue weighted by molar-refractivity contribution is 8.09. The van der Waals surface area contributed by atoms with Crippen LogP contribution >= 0.6 is 11.8 Å². The van der Waals surface area contributed by atoms with E-state index in [0.29, 0.717) is 24.0 Å². The third-order valence-corrected chi connectivity index (χ3v) is 12.3. The monoisotopic (exact) mass is 611 g/mol. The number of hydrogen-bond donors (Lipinski definition) is 1. The maximum atomic E-state index is 12.7. The van der Waals surface area contributed by atoms with Gasteiger partial charge in [-0.1, -0.05) is 85.8 Å². The van der Waals surface area contributed by atoms with Crippen LogP contribution in [-0.4, -0.2) is 23.3 Å². The van der Waals surface area contributed by atoms with Crippen molar-refractivity contribution >= 4 is 38.6 Å². The van der Waals surface area contributed by atoms with Crippen LogP contribution in [0.5, 0.6) is 0 Å². The van der Waals surface area contributed by atoms with Crippen LogP contribution in [-0.2, 0) is 21.0 Å². The summed E-state index contributed by atoms with van der Waals surface area (Å²) in [6, 6.07) is 42.7. The van der Waals surface area contributed by atoms with E-state index in [4.69, 9.17) is 0 Å². The Balaban J connectivity index is 1.31. The minimum atomic E-state index is -4.24. The second kappa shape index (κ2) is 13.6. The molecule has 0 aromatic heterocycles. The van der Waals surface area contributed by atoms with E-state index in [0.717, 1.165) is 30.7 Å². The van der Waals surface area contributed by atoms with E-state index in [1.54, 1.807) is 11.8 Å². The molecule has 2 unspecified atom stereocenters. The summed E-state index contributed by atoms with van der Waals surface area (Å²) in [5.74, 6) is 0.0111. The van der Waals surface area contributed by atoms with Crippen molar-refractivity contribution in [2.45, 2.75) is 43.9 Å². The first-order chi connectivity index (χ1) is 20.3. The van der Waals surface area contributed by atoms with Crippen molar-refractivity contribution in [1.29, 1.82) is 0 Å². The fourth-order valence-corrected chi connectivity index (χ4v) is 9.93. The zero-order chi connectivity index (χ0) is 29.5. The fraction of sp³-hybridized carbons (Fsp3) is 0.114. The van der Waals surface area contributed by atoms with Crippen LogP contribution in [0.15, 0.2) is 153 Å². The van der Waals surface area contributed by atoms with Gasteiger partial charge >= 0.3 is 10.1 Å². The quantitative estimate of drug-likeness (QED) is 0.0918. The zero-order valence-corrected chi connectivity index (χ0v) is 25.5. The van der Waals surface area contributed by atoms with Crippen LogP contribution in [0.1, 0.15) is 35.7 Å². The standard InChI is InChI=1S/C35H30O4S3/c1-2-9-34(42(37,38)39)41(32-12-7-4-8-13-32)33-24-18-27(19-25-33)26-14-20-30(21-15-26)40-31-22-16-29(17-23-31)35(36)28-10-5-3-6-11-28/h3-8,10-25,34H,2,9H2,1H3/p+1. The predicted molar refractivity (Wildman–Crippen MR) is 173 cm³/mol. The van der Waals surface area contributed by atoms with Gasteiger partial charge in [-0.3, -0.25) is 9.35 Å². The van der Waals surface area contributed by atoms with Gasteiger partial charge in [-0.25, -0.2) is 0 Å². The van der Waals surface area contributed by atoms with Crippen LogP contribution in [0.25, 0.3) is 11.1 Å². The van der Waals surface area contributed by atoms with E-state index < -0.39 is 25.6 Å². The van der Waals surface area contributed by atoms with Crippen LogP contribution in [0, 0.1) is 0 Å². The molecule has 0 fully saturated rings. The molecule has 0 heterocycles. The number of carbonyl (C=O) groups is 1. The molecule has 0 aliphatic carbocycles. The Bertz CT molecular complexity index is 1720. The molecule has 0 aliphatic heterocycles. The number of ketones is 1. The van der Waals surface area contributed by atoms with Crippen molar-refractivity contribution in [2.24, 2.45) is 0 Å². The Morgan fingerprint density at radius 1 is 0.667 bits per heavy atom. The van der Waals surface area contributed by atoms with Crippen LogP contribution in [0.3, 0.4) is 0 Å². The molecule has 5 rings (SSSR count). The van der Waals surface area contributed by atoms with E-state index in [1.807, 2.05) is 116 Å². The van der Waals surface area contributed by atoms with Gasteiger partial charge in [-0.15, -0.1) is 0 Å². The largest absolute Gasteiger partial charge is 0.315 e. The number of hydrogen-bond acceptors (Lipinski definition) is 4. The van der Waals surface area contributed by atoms with Gasteiger partial charge in [0.15, 0.2) is 15.6 Å². The summed E-state index contributed by atoms with van der Waals surface area (Å²) in [5.41, 5.74) is 3.41. The van der Waals surface area contributed by atoms with Gasteiger partial charge in [0.1, 0.15) is 0 Å². The van der Waals surface area contributed by atoms with Crippen molar-refractivity contribution in [3.63, 3.8) is 0 Å². The second-order valence-electron chi connectivity index (χ2n) is 9.75. The molecule has 7 heteroatoms. The Labute approximate surface area is 254 Å². The molecule has 0 saturated heterocycles. The Hall–Kier alpha value is -3.62. The highest BCUT2D eigenvalue weighted by Gasteiger charge is 2.43. The Morgan fingerprint density at radius 3 is 1.64 bits per heavy atom. The molecule has 0 spiro atoms. The van der Waals surface area contributed by atoms with Gasteiger partial charge in [0.05, 0.1) is 10.9 Å². The molecule has 0 radical (unpaired) electrons. The lowest BCUT2D eigenvalue weighted by Crippen LogP contribution is -2.30. The summed E-state index contributed by atoms with van der Waals surface area (Å²) in [4.78, 5) is 16.6. The highest BCUT2D eigenvalue weighted by Crippen LogP contribution is 2.35. The molecule has 0 amide bonds. The summed E-state index contributed by atoms with van der Waals surface area (Å²) in [6.07, 6.45) is 1.03. The number of benzene rings is 5. The Morgan fingerprint density at radius 2 is 1.12 bits per heavy atom. The van der Waals surface area contributed by atoms with Gasteiger partial charge in [0.25, 0.3) is 4.58 Å². The van der Waals surface area contributed by atoms with E-state index in [2.05, 4.69) is 24.3 Å². The molecule has 212 valence electrons. The second-order valence-corrected chi connectivity index (χ2v) is 15.0. The minimum Gasteiger partial charge on any atom is -0.289 e. The van der Waals surface area contributed by atoms with E-state index in [9.17, 15) is 17.8 Å². The van der Waals surface area contributed by atoms with Gasteiger partial charge in [0.2, 0.25) is 0 Å². The number of carbonyl (C=O) groups excluding carboxylic acids is 1. The minimum absolute atomic E-state index is 0.0111. The van der Waals surface area contributed by atoms with Crippen molar-refractivity contribution in [2.75, 3.05) is 0 Å². The van der Waals surface area contributed by atoms with Crippen molar-refractivity contribution in [1.82, 2.24) is 0 Å². The molecular formula is C35H31O4S3+. The first-order valence-electron chi connectivity index (χ1n) is 13.7. The van der Waals surface area contributed by atoms with E-state index >= 15 is 0 Å². The molecule has 0 bridgehead atoms. The molecule has 0 saturated carbocycles. The maximum absolute atomic E-state index is 12.7. The van der Waals surface area contributed by atoms with Gasteiger partial charge in [-0.2, -0.15) is 8.42 Å². The van der Waals surface area contributed by atoms with Crippen molar-refractivity contribution in [3.05, 3.63) is 145 Å². The normalized spacial score (nSPS) is 12.9. The maximum Gasteiger partial charge on any atom is 0.315 e. The highest BCUT2D eigenvalue weighted by atomic mass is 32.3. The summed E-state index contributed by atoms with van der Waals surface area (Å²) >= 11 is 1.63. The van der Waals surface area contributed by atoms with Crippen molar-refractivity contribution in [3.8, 4) is 11.1 Å². The first-order valence-corrected chi connectivity index (χ1v) is 17.3. The number of rotatable bonds is 11. The first kappa shape index (κ1) is 29.9. The predicted octanol–water partition coefficient (Wildman–Crippen LogP) is 8.79. The van der Waals surface area contributed by atoms with Crippen LogP contribution < -0.4 is 0 Å². The lowest BCUT2D eigenvalue weighted by Gasteiger charge is -2.16. The molecule has 42 heavy (non-hydrogen) atoms. The molecule has 0 aliphatic rings. The van der Waals surface area contributed by atoms with E-state index in [1.165, 1.54) is 0 Å². The molecule has 4 nitrogen and oxygen atoms in total. The Kier molecular flexibility index (Phi) is 9.65. The molecule has 2 atom stereocenters. The third-order valence-electron chi connectivity index (χ3n) is 6.80. The van der Waals surface area contributed by atoms with Gasteiger partial charge in [-0.05, 0) is 83.9 Å². The zero-order valence-electron chi connectivity index (χ0n) is 23.1. The molecular weight excluding hydrogens is 581 g/mol. The lowest BCUT2D eigenvalue weighted by molar-refractivity contribution is 0.103. The summed E-state index contributed by atoms with van der Waals surface area (Å²) in [7, 11) is -5.07. The average Bonchev–Trinajstić information content (AvgIpc) is 3.02. The molecule has 5 aromatic rings. The summed E-state index contributed by atoms with van der Waals surface area (Å²) in [5, 5.41) is 0. The summed E-state index contributed by atoms with van der Waals surface area (Å²) in [6.45, 7) is 1.93. The van der Waals surface area contributed by atoms with Crippen LogP contribution in [0.2, 0.25) is 0 Å². The van der Waals surface area contributed by atoms with Gasteiger partial charge in [0, 0.05) is 27.3 Å². The molecule has 1 N–H and O–H groups in total. The topological polar surface area (TPSA) is 71.4 Å². The lowest BCUT2D eigenvalue weighted by atomic mass is 10.0. The average molecular weight is 612 g/mol. The van der Waals surface area contributed by atoms with Gasteiger partial charge < -0.3 is 0 Å².